The maximum atomic E-state index is 3.97. The molecule has 1 saturated heterocycles. The minimum absolute atomic E-state index is 0.416. The van der Waals surface area contributed by atoms with Gasteiger partial charge < -0.3 is 5.32 Å². The number of rotatable bonds is 4. The fourth-order valence-electron chi connectivity index (χ4n) is 4.18. The van der Waals surface area contributed by atoms with Crippen molar-refractivity contribution in [1.82, 2.24) is 10.2 Å². The van der Waals surface area contributed by atoms with E-state index in [4.69, 9.17) is 0 Å². The molecule has 118 valence electrons. The Morgan fingerprint density at radius 1 is 1.38 bits per heavy atom. The van der Waals surface area contributed by atoms with Crippen LogP contribution < -0.4 is 5.32 Å². The molecule has 21 heavy (non-hydrogen) atoms. The normalized spacial score (nSPS) is 27.8. The first-order valence-corrected chi connectivity index (χ1v) is 9.62. The third-order valence-electron chi connectivity index (χ3n) is 5.71. The van der Waals surface area contributed by atoms with Crippen LogP contribution in [0.1, 0.15) is 57.2 Å². The fraction of sp³-hybridized carbons (Fsp3) is 0.778. The lowest BCUT2D eigenvalue weighted by atomic mass is 9.78. The Morgan fingerprint density at radius 3 is 2.86 bits per heavy atom. The largest absolute Gasteiger partial charge is 0.308 e. The summed E-state index contributed by atoms with van der Waals surface area (Å²) < 4.78 is 0. The molecule has 1 N–H and O–H groups in total. The Morgan fingerprint density at radius 2 is 2.19 bits per heavy atom. The molecule has 2 heterocycles. The van der Waals surface area contributed by atoms with Crippen molar-refractivity contribution < 1.29 is 0 Å². The second kappa shape index (κ2) is 6.80. The molecule has 1 aromatic rings. The SMILES string of the molecule is CCC(C)C1CNC2(CCCCC2)CN1Cc1cccs1. The summed E-state index contributed by atoms with van der Waals surface area (Å²) in [5, 5.41) is 6.19. The minimum Gasteiger partial charge on any atom is -0.308 e. The van der Waals surface area contributed by atoms with Gasteiger partial charge in [0.05, 0.1) is 0 Å². The van der Waals surface area contributed by atoms with Gasteiger partial charge in [0, 0.05) is 36.1 Å². The monoisotopic (exact) mass is 306 g/mol. The summed E-state index contributed by atoms with van der Waals surface area (Å²) in [5.41, 5.74) is 0.416. The first-order valence-electron chi connectivity index (χ1n) is 8.74. The summed E-state index contributed by atoms with van der Waals surface area (Å²) in [7, 11) is 0. The highest BCUT2D eigenvalue weighted by Crippen LogP contribution is 2.34. The summed E-state index contributed by atoms with van der Waals surface area (Å²) in [6.45, 7) is 8.34. The predicted octanol–water partition coefficient (Wildman–Crippen LogP) is 4.27. The number of hydrogen-bond acceptors (Lipinski definition) is 3. The molecule has 1 aromatic heterocycles. The average Bonchev–Trinajstić information content (AvgIpc) is 3.00. The lowest BCUT2D eigenvalue weighted by Gasteiger charge is -2.51. The van der Waals surface area contributed by atoms with Crippen molar-refractivity contribution in [2.45, 2.75) is 70.5 Å². The van der Waals surface area contributed by atoms with Gasteiger partial charge in [-0.15, -0.1) is 11.3 Å². The minimum atomic E-state index is 0.416. The Labute approximate surface area is 133 Å². The van der Waals surface area contributed by atoms with Crippen molar-refractivity contribution in [2.24, 2.45) is 5.92 Å². The van der Waals surface area contributed by atoms with Crippen LogP contribution in [0, 0.1) is 5.92 Å². The van der Waals surface area contributed by atoms with E-state index in [2.05, 4.69) is 41.6 Å². The molecule has 0 radical (unpaired) electrons. The summed E-state index contributed by atoms with van der Waals surface area (Å²) >= 11 is 1.91. The van der Waals surface area contributed by atoms with Gasteiger partial charge in [0.1, 0.15) is 0 Å². The van der Waals surface area contributed by atoms with Crippen LogP contribution in [0.2, 0.25) is 0 Å². The second-order valence-electron chi connectivity index (χ2n) is 7.16. The van der Waals surface area contributed by atoms with E-state index in [1.165, 1.54) is 56.5 Å². The molecule has 2 unspecified atom stereocenters. The molecular formula is C18H30N2S. The van der Waals surface area contributed by atoms with Crippen LogP contribution in [-0.2, 0) is 6.54 Å². The van der Waals surface area contributed by atoms with Crippen molar-refractivity contribution >= 4 is 11.3 Å². The van der Waals surface area contributed by atoms with Gasteiger partial charge in [-0.05, 0) is 30.2 Å². The Balaban J connectivity index is 1.74. The first kappa shape index (κ1) is 15.5. The first-order chi connectivity index (χ1) is 10.2. The molecule has 1 spiro atoms. The smallest absolute Gasteiger partial charge is 0.0332 e. The highest BCUT2D eigenvalue weighted by molar-refractivity contribution is 7.09. The summed E-state index contributed by atoms with van der Waals surface area (Å²) in [6, 6.07) is 5.19. The average molecular weight is 307 g/mol. The number of thiophene rings is 1. The number of piperazine rings is 1. The maximum absolute atomic E-state index is 3.97. The van der Waals surface area contributed by atoms with Gasteiger partial charge in [0.15, 0.2) is 0 Å². The maximum Gasteiger partial charge on any atom is 0.0332 e. The van der Waals surface area contributed by atoms with E-state index in [1.54, 1.807) is 0 Å². The topological polar surface area (TPSA) is 15.3 Å². The van der Waals surface area contributed by atoms with E-state index < -0.39 is 0 Å². The Kier molecular flexibility index (Phi) is 5.03. The zero-order valence-electron chi connectivity index (χ0n) is 13.6. The van der Waals surface area contributed by atoms with Crippen LogP contribution in [0.15, 0.2) is 17.5 Å². The van der Waals surface area contributed by atoms with Gasteiger partial charge in [-0.2, -0.15) is 0 Å². The van der Waals surface area contributed by atoms with Crippen molar-refractivity contribution in [3.63, 3.8) is 0 Å². The van der Waals surface area contributed by atoms with Gasteiger partial charge >= 0.3 is 0 Å². The van der Waals surface area contributed by atoms with Gasteiger partial charge in [-0.1, -0.05) is 45.6 Å². The molecule has 2 fully saturated rings. The van der Waals surface area contributed by atoms with Gasteiger partial charge in [0.25, 0.3) is 0 Å². The third kappa shape index (κ3) is 3.52. The van der Waals surface area contributed by atoms with Crippen LogP contribution in [0.25, 0.3) is 0 Å². The summed E-state index contributed by atoms with van der Waals surface area (Å²) in [6.07, 6.45) is 8.29. The van der Waals surface area contributed by atoms with E-state index in [-0.39, 0.29) is 0 Å². The number of nitrogens with zero attached hydrogens (tertiary/aromatic N) is 1. The molecular weight excluding hydrogens is 276 g/mol. The molecule has 2 aliphatic rings. The predicted molar refractivity (Wildman–Crippen MR) is 91.8 cm³/mol. The molecule has 3 rings (SSSR count). The van der Waals surface area contributed by atoms with Crippen LogP contribution >= 0.6 is 11.3 Å². The van der Waals surface area contributed by atoms with Gasteiger partial charge in [-0.25, -0.2) is 0 Å². The number of hydrogen-bond donors (Lipinski definition) is 1. The van der Waals surface area contributed by atoms with Crippen molar-refractivity contribution in [2.75, 3.05) is 13.1 Å². The molecule has 2 atom stereocenters. The van der Waals surface area contributed by atoms with Crippen molar-refractivity contribution in [3.8, 4) is 0 Å². The van der Waals surface area contributed by atoms with E-state index in [1.807, 2.05) is 11.3 Å². The van der Waals surface area contributed by atoms with Crippen LogP contribution in [0.4, 0.5) is 0 Å². The molecule has 0 aromatic carbocycles. The van der Waals surface area contributed by atoms with Gasteiger partial charge in [-0.3, -0.25) is 4.90 Å². The third-order valence-corrected chi connectivity index (χ3v) is 6.57. The van der Waals surface area contributed by atoms with Crippen LogP contribution in [-0.4, -0.2) is 29.6 Å². The highest BCUT2D eigenvalue weighted by atomic mass is 32.1. The number of nitrogens with one attached hydrogen (secondary N) is 1. The standard InChI is InChI=1S/C18H30N2S/c1-3-15(2)17-12-19-18(9-5-4-6-10-18)14-20(17)13-16-8-7-11-21-16/h7-8,11,15,17,19H,3-6,9-10,12-14H2,1-2H3. The van der Waals surface area contributed by atoms with E-state index in [9.17, 15) is 0 Å². The second-order valence-corrected chi connectivity index (χ2v) is 8.19. The summed E-state index contributed by atoms with van der Waals surface area (Å²) in [5.74, 6) is 0.776. The summed E-state index contributed by atoms with van der Waals surface area (Å²) in [4.78, 5) is 4.32. The molecule has 2 nitrogen and oxygen atoms in total. The molecule has 1 aliphatic heterocycles. The molecule has 1 saturated carbocycles. The van der Waals surface area contributed by atoms with Crippen molar-refractivity contribution in [1.29, 1.82) is 0 Å². The van der Waals surface area contributed by atoms with Crippen LogP contribution in [0.3, 0.4) is 0 Å². The Bertz CT molecular complexity index is 422. The molecule has 0 bridgehead atoms. The highest BCUT2D eigenvalue weighted by Gasteiger charge is 2.40. The molecule has 0 amide bonds. The Hall–Kier alpha value is -0.380. The lowest BCUT2D eigenvalue weighted by molar-refractivity contribution is 0.0274. The van der Waals surface area contributed by atoms with Crippen molar-refractivity contribution in [3.05, 3.63) is 22.4 Å². The van der Waals surface area contributed by atoms with Gasteiger partial charge in [0.2, 0.25) is 0 Å². The quantitative estimate of drug-likeness (QED) is 0.893. The van der Waals surface area contributed by atoms with E-state index in [0.29, 0.717) is 11.6 Å². The zero-order valence-corrected chi connectivity index (χ0v) is 14.4. The molecule has 3 heteroatoms. The van der Waals surface area contributed by atoms with E-state index in [0.717, 1.165) is 12.5 Å². The lowest BCUT2D eigenvalue weighted by Crippen LogP contribution is -2.65. The fourth-order valence-corrected chi connectivity index (χ4v) is 4.91. The zero-order chi connectivity index (χ0) is 14.7. The van der Waals surface area contributed by atoms with Crippen LogP contribution in [0.5, 0.6) is 0 Å². The van der Waals surface area contributed by atoms with E-state index >= 15 is 0 Å². The molecule has 1 aliphatic carbocycles.